The van der Waals surface area contributed by atoms with Crippen LogP contribution in [0.2, 0.25) is 0 Å². The molecule has 0 fully saturated rings. The van der Waals surface area contributed by atoms with Gasteiger partial charge in [-0.05, 0) is 41.3 Å². The SMILES string of the molecule is Cc1nc(Br)c(CCc2ccccc2)[nH]1. The highest BCUT2D eigenvalue weighted by atomic mass is 79.9. The Hall–Kier alpha value is -1.09. The third kappa shape index (κ3) is 2.69. The summed E-state index contributed by atoms with van der Waals surface area (Å²) in [6, 6.07) is 10.5. The number of H-pyrrole nitrogens is 1. The number of halogens is 1. The molecule has 1 N–H and O–H groups in total. The van der Waals surface area contributed by atoms with Crippen molar-refractivity contribution in [2.24, 2.45) is 0 Å². The maximum atomic E-state index is 4.28. The molecule has 0 atom stereocenters. The van der Waals surface area contributed by atoms with Crippen LogP contribution in [0.3, 0.4) is 0 Å². The Balaban J connectivity index is 2.02. The molecule has 1 heterocycles. The van der Waals surface area contributed by atoms with E-state index in [-0.39, 0.29) is 0 Å². The van der Waals surface area contributed by atoms with Gasteiger partial charge in [-0.1, -0.05) is 30.3 Å². The Labute approximate surface area is 97.9 Å². The van der Waals surface area contributed by atoms with Gasteiger partial charge in [-0.25, -0.2) is 4.98 Å². The smallest absolute Gasteiger partial charge is 0.127 e. The minimum absolute atomic E-state index is 0.941. The molecule has 0 bridgehead atoms. The van der Waals surface area contributed by atoms with E-state index in [0.717, 1.165) is 23.3 Å². The number of benzene rings is 1. The minimum atomic E-state index is 0.941. The predicted octanol–water partition coefficient (Wildman–Crippen LogP) is 3.27. The molecule has 2 nitrogen and oxygen atoms in total. The van der Waals surface area contributed by atoms with E-state index in [0.29, 0.717) is 0 Å². The first-order chi connectivity index (χ1) is 7.25. The van der Waals surface area contributed by atoms with Gasteiger partial charge in [0, 0.05) is 5.69 Å². The third-order valence-corrected chi connectivity index (χ3v) is 3.01. The highest BCUT2D eigenvalue weighted by Gasteiger charge is 2.04. The van der Waals surface area contributed by atoms with Crippen molar-refractivity contribution in [3.05, 3.63) is 52.0 Å². The Morgan fingerprint density at radius 1 is 1.20 bits per heavy atom. The third-order valence-electron chi connectivity index (χ3n) is 2.35. The molecule has 0 radical (unpaired) electrons. The summed E-state index contributed by atoms with van der Waals surface area (Å²) in [4.78, 5) is 7.54. The van der Waals surface area contributed by atoms with Crippen molar-refractivity contribution in [3.8, 4) is 0 Å². The molecular weight excluding hydrogens is 252 g/mol. The highest BCUT2D eigenvalue weighted by Crippen LogP contribution is 2.15. The molecule has 1 aromatic heterocycles. The van der Waals surface area contributed by atoms with Crippen LogP contribution in [0.4, 0.5) is 0 Å². The van der Waals surface area contributed by atoms with Gasteiger partial charge in [0.1, 0.15) is 10.4 Å². The van der Waals surface area contributed by atoms with E-state index < -0.39 is 0 Å². The van der Waals surface area contributed by atoms with Crippen LogP contribution in [0.15, 0.2) is 34.9 Å². The summed E-state index contributed by atoms with van der Waals surface area (Å²) < 4.78 is 0.941. The summed E-state index contributed by atoms with van der Waals surface area (Å²) >= 11 is 3.45. The van der Waals surface area contributed by atoms with E-state index in [9.17, 15) is 0 Å². The normalized spacial score (nSPS) is 10.5. The summed E-state index contributed by atoms with van der Waals surface area (Å²) in [6.07, 6.45) is 2.03. The lowest BCUT2D eigenvalue weighted by atomic mass is 10.1. The quantitative estimate of drug-likeness (QED) is 0.906. The summed E-state index contributed by atoms with van der Waals surface area (Å²) in [5.41, 5.74) is 2.54. The van der Waals surface area contributed by atoms with Crippen LogP contribution in [-0.2, 0) is 12.8 Å². The highest BCUT2D eigenvalue weighted by molar-refractivity contribution is 9.10. The molecule has 0 spiro atoms. The lowest BCUT2D eigenvalue weighted by Gasteiger charge is -1.99. The van der Waals surface area contributed by atoms with Crippen molar-refractivity contribution in [1.29, 1.82) is 0 Å². The molecule has 0 saturated carbocycles. The number of hydrogen-bond donors (Lipinski definition) is 1. The van der Waals surface area contributed by atoms with Crippen LogP contribution >= 0.6 is 15.9 Å². The molecular formula is C12H13BrN2. The number of aryl methyl sites for hydroxylation is 3. The molecule has 0 aliphatic carbocycles. The fourth-order valence-electron chi connectivity index (χ4n) is 1.59. The Kier molecular flexibility index (Phi) is 3.21. The molecule has 15 heavy (non-hydrogen) atoms. The number of rotatable bonds is 3. The number of hydrogen-bond acceptors (Lipinski definition) is 1. The van der Waals surface area contributed by atoms with Gasteiger partial charge in [0.25, 0.3) is 0 Å². The summed E-state index contributed by atoms with van der Waals surface area (Å²) in [5.74, 6) is 0.963. The number of nitrogens with zero attached hydrogens (tertiary/aromatic N) is 1. The largest absolute Gasteiger partial charge is 0.345 e. The van der Waals surface area contributed by atoms with Crippen molar-refractivity contribution in [2.45, 2.75) is 19.8 Å². The van der Waals surface area contributed by atoms with Crippen molar-refractivity contribution in [2.75, 3.05) is 0 Å². The number of aromatic nitrogens is 2. The van der Waals surface area contributed by atoms with E-state index in [1.165, 1.54) is 11.3 Å². The lowest BCUT2D eigenvalue weighted by molar-refractivity contribution is 0.915. The minimum Gasteiger partial charge on any atom is -0.345 e. The monoisotopic (exact) mass is 264 g/mol. The zero-order valence-electron chi connectivity index (χ0n) is 8.63. The molecule has 0 aliphatic rings. The van der Waals surface area contributed by atoms with Gasteiger partial charge in [-0.3, -0.25) is 0 Å². The Morgan fingerprint density at radius 3 is 2.53 bits per heavy atom. The van der Waals surface area contributed by atoms with Crippen LogP contribution in [0.1, 0.15) is 17.1 Å². The van der Waals surface area contributed by atoms with E-state index >= 15 is 0 Å². The first-order valence-electron chi connectivity index (χ1n) is 5.00. The van der Waals surface area contributed by atoms with Gasteiger partial charge in [0.2, 0.25) is 0 Å². The van der Waals surface area contributed by atoms with E-state index in [1.807, 2.05) is 13.0 Å². The van der Waals surface area contributed by atoms with E-state index in [2.05, 4.69) is 50.2 Å². The van der Waals surface area contributed by atoms with Gasteiger partial charge in [-0.2, -0.15) is 0 Å². The summed E-state index contributed by atoms with van der Waals surface area (Å²) in [5, 5.41) is 0. The summed E-state index contributed by atoms with van der Waals surface area (Å²) in [6.45, 7) is 1.97. The second-order valence-corrected chi connectivity index (χ2v) is 4.33. The van der Waals surface area contributed by atoms with Crippen molar-refractivity contribution >= 4 is 15.9 Å². The number of imidazole rings is 1. The zero-order valence-corrected chi connectivity index (χ0v) is 10.2. The first kappa shape index (κ1) is 10.4. The van der Waals surface area contributed by atoms with Gasteiger partial charge in [-0.15, -0.1) is 0 Å². The molecule has 2 aromatic rings. The maximum absolute atomic E-state index is 4.28. The van der Waals surface area contributed by atoms with Crippen molar-refractivity contribution in [3.63, 3.8) is 0 Å². The fraction of sp³-hybridized carbons (Fsp3) is 0.250. The molecule has 78 valence electrons. The van der Waals surface area contributed by atoms with Crippen LogP contribution in [0.5, 0.6) is 0 Å². The molecule has 3 heteroatoms. The zero-order chi connectivity index (χ0) is 10.7. The fourth-order valence-corrected chi connectivity index (χ4v) is 2.16. The first-order valence-corrected chi connectivity index (χ1v) is 5.80. The summed E-state index contributed by atoms with van der Waals surface area (Å²) in [7, 11) is 0. The molecule has 1 aromatic carbocycles. The van der Waals surface area contributed by atoms with E-state index in [4.69, 9.17) is 0 Å². The van der Waals surface area contributed by atoms with Crippen molar-refractivity contribution < 1.29 is 0 Å². The second-order valence-electron chi connectivity index (χ2n) is 3.58. The van der Waals surface area contributed by atoms with Crippen LogP contribution in [-0.4, -0.2) is 9.97 Å². The second kappa shape index (κ2) is 4.62. The molecule has 0 saturated heterocycles. The van der Waals surface area contributed by atoms with Crippen LogP contribution in [0, 0.1) is 6.92 Å². The maximum Gasteiger partial charge on any atom is 0.127 e. The number of nitrogens with one attached hydrogen (secondary N) is 1. The van der Waals surface area contributed by atoms with Crippen LogP contribution < -0.4 is 0 Å². The van der Waals surface area contributed by atoms with Gasteiger partial charge >= 0.3 is 0 Å². The lowest BCUT2D eigenvalue weighted by Crippen LogP contribution is -1.92. The van der Waals surface area contributed by atoms with E-state index in [1.54, 1.807) is 0 Å². The van der Waals surface area contributed by atoms with Crippen molar-refractivity contribution in [1.82, 2.24) is 9.97 Å². The molecule has 0 amide bonds. The molecule has 0 unspecified atom stereocenters. The predicted molar refractivity (Wildman–Crippen MR) is 64.9 cm³/mol. The Bertz CT molecular complexity index is 434. The Morgan fingerprint density at radius 2 is 1.93 bits per heavy atom. The molecule has 2 rings (SSSR count). The van der Waals surface area contributed by atoms with Gasteiger partial charge < -0.3 is 4.98 Å². The molecule has 0 aliphatic heterocycles. The average Bonchev–Trinajstić information content (AvgIpc) is 2.56. The van der Waals surface area contributed by atoms with Gasteiger partial charge in [0.15, 0.2) is 0 Å². The standard InChI is InChI=1S/C12H13BrN2/c1-9-14-11(12(13)15-9)8-7-10-5-3-2-4-6-10/h2-6H,7-8H2,1H3,(H,14,15). The average molecular weight is 265 g/mol. The van der Waals surface area contributed by atoms with Gasteiger partial charge in [0.05, 0.1) is 0 Å². The van der Waals surface area contributed by atoms with Crippen LogP contribution in [0.25, 0.3) is 0 Å². The number of aromatic amines is 1. The topological polar surface area (TPSA) is 28.7 Å².